The Morgan fingerprint density at radius 3 is 2.52 bits per heavy atom. The van der Waals surface area contributed by atoms with E-state index in [1.54, 1.807) is 24.3 Å². The number of aromatic nitrogens is 2. The number of carbonyl (C=O) groups excluding carboxylic acids is 2. The molecular formula is C20H19N3O6. The summed E-state index contributed by atoms with van der Waals surface area (Å²) in [5.74, 6) is -0.0630. The molecule has 9 heteroatoms. The molecule has 3 aromatic rings. The van der Waals surface area contributed by atoms with Crippen molar-refractivity contribution >= 4 is 11.9 Å². The number of nitrogens with two attached hydrogens (primary N) is 1. The van der Waals surface area contributed by atoms with Gasteiger partial charge in [-0.3, -0.25) is 4.79 Å². The number of carbonyl (C=O) groups is 2. The topological polar surface area (TPSA) is 127 Å². The van der Waals surface area contributed by atoms with E-state index in [-0.39, 0.29) is 30.4 Å². The summed E-state index contributed by atoms with van der Waals surface area (Å²) < 4.78 is 21.2. The van der Waals surface area contributed by atoms with Crippen molar-refractivity contribution in [2.45, 2.75) is 13.5 Å². The van der Waals surface area contributed by atoms with Crippen LogP contribution in [0.5, 0.6) is 11.5 Å². The van der Waals surface area contributed by atoms with E-state index in [0.29, 0.717) is 23.7 Å². The second-order valence-corrected chi connectivity index (χ2v) is 5.77. The Morgan fingerprint density at radius 2 is 1.76 bits per heavy atom. The van der Waals surface area contributed by atoms with Gasteiger partial charge in [0.1, 0.15) is 17.1 Å². The van der Waals surface area contributed by atoms with Gasteiger partial charge in [-0.05, 0) is 31.2 Å². The zero-order valence-corrected chi connectivity index (χ0v) is 15.7. The van der Waals surface area contributed by atoms with Gasteiger partial charge in [-0.2, -0.15) is 4.98 Å². The number of hydrogen-bond donors (Lipinski definition) is 1. The normalized spacial score (nSPS) is 10.4. The Morgan fingerprint density at radius 1 is 1.03 bits per heavy atom. The van der Waals surface area contributed by atoms with Crippen molar-refractivity contribution in [2.75, 3.05) is 13.2 Å². The first kappa shape index (κ1) is 19.9. The van der Waals surface area contributed by atoms with Gasteiger partial charge < -0.3 is 24.5 Å². The van der Waals surface area contributed by atoms with E-state index in [1.165, 1.54) is 12.1 Å². The summed E-state index contributed by atoms with van der Waals surface area (Å²) in [6.45, 7) is 1.79. The molecule has 1 amide bonds. The van der Waals surface area contributed by atoms with E-state index in [9.17, 15) is 9.59 Å². The maximum absolute atomic E-state index is 12.4. The molecule has 29 heavy (non-hydrogen) atoms. The Balaban J connectivity index is 1.68. The molecule has 0 saturated heterocycles. The number of esters is 1. The molecule has 0 atom stereocenters. The van der Waals surface area contributed by atoms with Gasteiger partial charge in [0.15, 0.2) is 13.2 Å². The van der Waals surface area contributed by atoms with Crippen LogP contribution >= 0.6 is 0 Å². The van der Waals surface area contributed by atoms with E-state index in [0.717, 1.165) is 0 Å². The van der Waals surface area contributed by atoms with Gasteiger partial charge in [0, 0.05) is 0 Å². The van der Waals surface area contributed by atoms with E-state index >= 15 is 0 Å². The quantitative estimate of drug-likeness (QED) is 0.545. The summed E-state index contributed by atoms with van der Waals surface area (Å²) in [7, 11) is 0. The van der Waals surface area contributed by atoms with Crippen LogP contribution in [-0.4, -0.2) is 35.2 Å². The molecule has 1 heterocycles. The van der Waals surface area contributed by atoms with Gasteiger partial charge >= 0.3 is 5.97 Å². The highest BCUT2D eigenvalue weighted by atomic mass is 16.6. The molecule has 2 aromatic carbocycles. The van der Waals surface area contributed by atoms with Gasteiger partial charge in [0.05, 0.1) is 12.2 Å². The Bertz CT molecular complexity index is 1000. The number of ether oxygens (including phenoxy) is 3. The lowest BCUT2D eigenvalue weighted by molar-refractivity contribution is -0.119. The van der Waals surface area contributed by atoms with Crippen LogP contribution in [0.1, 0.15) is 23.2 Å². The standard InChI is InChI=1S/C20H19N3O6/c1-2-26-15-9-5-3-7-13(15)19-22-18(29-23-19)12-28-20(25)14-8-4-6-10-16(14)27-11-17(21)24/h3-10H,2,11-12H2,1H3,(H2,21,24). The predicted octanol–water partition coefficient (Wildman–Crippen LogP) is 2.36. The molecule has 0 unspecified atom stereocenters. The largest absolute Gasteiger partial charge is 0.493 e. The summed E-state index contributed by atoms with van der Waals surface area (Å²) in [6.07, 6.45) is 0. The van der Waals surface area contributed by atoms with Gasteiger partial charge in [-0.1, -0.05) is 29.4 Å². The fraction of sp³-hybridized carbons (Fsp3) is 0.200. The highest BCUT2D eigenvalue weighted by Gasteiger charge is 2.17. The second-order valence-electron chi connectivity index (χ2n) is 5.77. The number of benzene rings is 2. The van der Waals surface area contributed by atoms with Crippen LogP contribution in [0.2, 0.25) is 0 Å². The molecule has 1 aromatic heterocycles. The Hall–Kier alpha value is -3.88. The third kappa shape index (κ3) is 5.10. The molecule has 0 aliphatic carbocycles. The average molecular weight is 397 g/mol. The smallest absolute Gasteiger partial charge is 0.342 e. The van der Waals surface area contributed by atoms with Gasteiger partial charge in [0.25, 0.3) is 11.8 Å². The van der Waals surface area contributed by atoms with Crippen LogP contribution in [0.15, 0.2) is 53.1 Å². The minimum Gasteiger partial charge on any atom is -0.493 e. The van der Waals surface area contributed by atoms with Crippen molar-refractivity contribution in [1.82, 2.24) is 10.1 Å². The van der Waals surface area contributed by atoms with E-state index in [4.69, 9.17) is 24.5 Å². The summed E-state index contributed by atoms with van der Waals surface area (Å²) in [6, 6.07) is 13.6. The minimum atomic E-state index is -0.667. The van der Waals surface area contributed by atoms with Crippen LogP contribution in [0.4, 0.5) is 0 Å². The molecule has 0 bridgehead atoms. The van der Waals surface area contributed by atoms with Crippen LogP contribution < -0.4 is 15.2 Å². The SMILES string of the molecule is CCOc1ccccc1-c1noc(COC(=O)c2ccccc2OCC(N)=O)n1. The van der Waals surface area contributed by atoms with Crippen molar-refractivity contribution in [3.63, 3.8) is 0 Å². The van der Waals surface area contributed by atoms with Crippen LogP contribution in [-0.2, 0) is 16.1 Å². The molecule has 2 N–H and O–H groups in total. The summed E-state index contributed by atoms with van der Waals surface area (Å²) in [4.78, 5) is 27.5. The van der Waals surface area contributed by atoms with Gasteiger partial charge in [0.2, 0.25) is 5.82 Å². The number of nitrogens with zero attached hydrogens (tertiary/aromatic N) is 2. The molecule has 0 radical (unpaired) electrons. The maximum Gasteiger partial charge on any atom is 0.342 e. The lowest BCUT2D eigenvalue weighted by Gasteiger charge is -2.09. The van der Waals surface area contributed by atoms with Gasteiger partial charge in [-0.15, -0.1) is 0 Å². The molecule has 3 rings (SSSR count). The molecule has 0 aliphatic heterocycles. The number of para-hydroxylation sites is 2. The highest BCUT2D eigenvalue weighted by molar-refractivity contribution is 5.92. The first-order valence-corrected chi connectivity index (χ1v) is 8.80. The van der Waals surface area contributed by atoms with Crippen LogP contribution in [0, 0.1) is 0 Å². The van der Waals surface area contributed by atoms with Crippen molar-refractivity contribution in [2.24, 2.45) is 5.73 Å². The predicted molar refractivity (Wildman–Crippen MR) is 101 cm³/mol. The molecule has 0 spiro atoms. The third-order valence-electron chi connectivity index (χ3n) is 3.70. The van der Waals surface area contributed by atoms with Crippen LogP contribution in [0.25, 0.3) is 11.4 Å². The minimum absolute atomic E-state index is 0.121. The molecular weight excluding hydrogens is 378 g/mol. The van der Waals surface area contributed by atoms with Crippen molar-refractivity contribution in [1.29, 1.82) is 0 Å². The summed E-state index contributed by atoms with van der Waals surface area (Å²) in [5, 5.41) is 3.91. The van der Waals surface area contributed by atoms with Crippen molar-refractivity contribution in [3.8, 4) is 22.9 Å². The number of primary amides is 1. The van der Waals surface area contributed by atoms with Gasteiger partial charge in [-0.25, -0.2) is 4.79 Å². The number of amides is 1. The Kier molecular flexibility index (Phi) is 6.41. The third-order valence-corrected chi connectivity index (χ3v) is 3.70. The lowest BCUT2D eigenvalue weighted by atomic mass is 10.2. The fourth-order valence-corrected chi connectivity index (χ4v) is 2.47. The fourth-order valence-electron chi connectivity index (χ4n) is 2.47. The first-order valence-electron chi connectivity index (χ1n) is 8.80. The van der Waals surface area contributed by atoms with Crippen LogP contribution in [0.3, 0.4) is 0 Å². The maximum atomic E-state index is 12.4. The first-order chi connectivity index (χ1) is 14.1. The van der Waals surface area contributed by atoms with E-state index in [1.807, 2.05) is 19.1 Å². The molecule has 150 valence electrons. The van der Waals surface area contributed by atoms with Crippen molar-refractivity contribution in [3.05, 3.63) is 60.0 Å². The molecule has 0 aliphatic rings. The second kappa shape index (κ2) is 9.36. The number of rotatable bonds is 9. The summed E-state index contributed by atoms with van der Waals surface area (Å²) in [5.41, 5.74) is 5.88. The molecule has 0 saturated carbocycles. The molecule has 9 nitrogen and oxygen atoms in total. The molecule has 0 fully saturated rings. The highest BCUT2D eigenvalue weighted by Crippen LogP contribution is 2.27. The number of hydrogen-bond acceptors (Lipinski definition) is 8. The monoisotopic (exact) mass is 397 g/mol. The van der Waals surface area contributed by atoms with E-state index < -0.39 is 11.9 Å². The zero-order valence-electron chi connectivity index (χ0n) is 15.7. The summed E-state index contributed by atoms with van der Waals surface area (Å²) >= 11 is 0. The Labute approximate surface area is 166 Å². The lowest BCUT2D eigenvalue weighted by Crippen LogP contribution is -2.21. The zero-order chi connectivity index (χ0) is 20.6. The van der Waals surface area contributed by atoms with E-state index in [2.05, 4.69) is 10.1 Å². The average Bonchev–Trinajstić information content (AvgIpc) is 3.20. The van der Waals surface area contributed by atoms with Crippen molar-refractivity contribution < 1.29 is 28.3 Å².